The average Bonchev–Trinajstić information content (AvgIpc) is 2.84. The Morgan fingerprint density at radius 2 is 1.78 bits per heavy atom. The van der Waals surface area contributed by atoms with Crippen molar-refractivity contribution in [2.24, 2.45) is 4.99 Å². The summed E-state index contributed by atoms with van der Waals surface area (Å²) in [7, 11) is 0. The zero-order valence-corrected chi connectivity index (χ0v) is 20.5. The van der Waals surface area contributed by atoms with E-state index in [9.17, 15) is 27.2 Å². The molecular formula is C24H27ClF5N3O4. The van der Waals surface area contributed by atoms with Crippen molar-refractivity contribution < 1.29 is 41.0 Å². The number of nitrogens with zero attached hydrogens (tertiary/aromatic N) is 1. The Kier molecular flexibility index (Phi) is 7.99. The van der Waals surface area contributed by atoms with Crippen LogP contribution in [0.2, 0.25) is 5.02 Å². The van der Waals surface area contributed by atoms with Crippen molar-refractivity contribution in [2.45, 2.75) is 80.5 Å². The minimum Gasteiger partial charge on any atom is -0.484 e. The molecular weight excluding hydrogens is 525 g/mol. The van der Waals surface area contributed by atoms with E-state index in [1.165, 1.54) is 12.1 Å². The average molecular weight is 552 g/mol. The number of rotatable bonds is 8. The van der Waals surface area contributed by atoms with Crippen LogP contribution in [0.5, 0.6) is 5.75 Å². The number of aliphatic imine (C=N–C) groups is 1. The molecule has 2 amide bonds. The van der Waals surface area contributed by atoms with E-state index in [0.29, 0.717) is 25.7 Å². The molecule has 37 heavy (non-hydrogen) atoms. The van der Waals surface area contributed by atoms with Crippen LogP contribution in [0.15, 0.2) is 23.2 Å². The van der Waals surface area contributed by atoms with Crippen LogP contribution in [0.25, 0.3) is 0 Å². The SMILES string of the molecule is O=C(COc1ccc(Cl)c(F)c1)NC12CCC(NC(=O)COC3C=NC(C(F)(F)F)CC3)(CC1)[C@H](F)C2. The fraction of sp³-hybridized carbons (Fsp3) is 0.625. The van der Waals surface area contributed by atoms with Crippen LogP contribution in [-0.4, -0.2) is 66.8 Å². The molecule has 1 aromatic carbocycles. The fourth-order valence-corrected chi connectivity index (χ4v) is 5.32. The lowest BCUT2D eigenvalue weighted by atomic mass is 9.60. The van der Waals surface area contributed by atoms with Crippen molar-refractivity contribution in [3.05, 3.63) is 29.0 Å². The first-order valence-corrected chi connectivity index (χ1v) is 12.3. The molecule has 204 valence electrons. The standard InChI is InChI=1S/C24H27ClF5N3O4/c25-16-3-1-14(9-17(16)26)36-12-20(34)32-22-5-7-23(8-6-22,18(27)10-22)33-21(35)13-37-15-2-4-19(31-11-15)24(28,29)30/h1,3,9,11,15,18-19H,2,4-8,10,12-13H2,(H,32,34)(H,33,35)/t15?,18-,19?,22?,23?/m1/s1. The molecule has 3 fully saturated rings. The second-order valence-electron chi connectivity index (χ2n) is 9.85. The van der Waals surface area contributed by atoms with Crippen LogP contribution in [0, 0.1) is 5.82 Å². The Balaban J connectivity index is 1.23. The third-order valence-corrected chi connectivity index (χ3v) is 7.59. The molecule has 5 rings (SSSR count). The third kappa shape index (κ3) is 6.51. The van der Waals surface area contributed by atoms with Gasteiger partial charge in [-0.2, -0.15) is 13.2 Å². The molecule has 2 bridgehead atoms. The molecule has 13 heteroatoms. The van der Waals surface area contributed by atoms with Gasteiger partial charge in [0, 0.05) is 24.2 Å². The summed E-state index contributed by atoms with van der Waals surface area (Å²) in [6.45, 7) is -0.806. The zero-order valence-electron chi connectivity index (χ0n) is 19.8. The van der Waals surface area contributed by atoms with Gasteiger partial charge in [0.25, 0.3) is 5.91 Å². The van der Waals surface area contributed by atoms with Gasteiger partial charge in [0.2, 0.25) is 5.91 Å². The maximum absolute atomic E-state index is 15.3. The van der Waals surface area contributed by atoms with Crippen molar-refractivity contribution in [3.8, 4) is 5.75 Å². The summed E-state index contributed by atoms with van der Waals surface area (Å²) in [6, 6.07) is 2.04. The summed E-state index contributed by atoms with van der Waals surface area (Å²) in [5, 5.41) is 5.49. The molecule has 2 unspecified atom stereocenters. The highest BCUT2D eigenvalue weighted by atomic mass is 35.5. The molecule has 1 aromatic rings. The van der Waals surface area contributed by atoms with Gasteiger partial charge in [0.1, 0.15) is 30.4 Å². The van der Waals surface area contributed by atoms with E-state index < -0.39 is 59.8 Å². The van der Waals surface area contributed by atoms with Crippen LogP contribution in [0.1, 0.15) is 44.9 Å². The van der Waals surface area contributed by atoms with E-state index in [4.69, 9.17) is 21.1 Å². The van der Waals surface area contributed by atoms with Crippen molar-refractivity contribution >= 4 is 29.6 Å². The predicted molar refractivity (Wildman–Crippen MR) is 124 cm³/mol. The first-order valence-electron chi connectivity index (χ1n) is 12.0. The predicted octanol–water partition coefficient (Wildman–Crippen LogP) is 4.06. The van der Waals surface area contributed by atoms with Gasteiger partial charge in [0.05, 0.1) is 16.7 Å². The largest absolute Gasteiger partial charge is 0.484 e. The lowest BCUT2D eigenvalue weighted by Gasteiger charge is -2.55. The molecule has 3 atom stereocenters. The van der Waals surface area contributed by atoms with Crippen LogP contribution < -0.4 is 15.4 Å². The maximum atomic E-state index is 15.3. The number of alkyl halides is 4. The van der Waals surface area contributed by atoms with Gasteiger partial charge >= 0.3 is 6.18 Å². The van der Waals surface area contributed by atoms with Crippen LogP contribution in [0.3, 0.4) is 0 Å². The quantitative estimate of drug-likeness (QED) is 0.477. The summed E-state index contributed by atoms with van der Waals surface area (Å²) in [4.78, 5) is 28.4. The number of fused-ring (bicyclic) bond motifs is 3. The second kappa shape index (κ2) is 10.7. The summed E-state index contributed by atoms with van der Waals surface area (Å²) >= 11 is 5.62. The van der Waals surface area contributed by atoms with E-state index in [0.717, 1.165) is 12.3 Å². The minimum absolute atomic E-state index is 0.00354. The summed E-state index contributed by atoms with van der Waals surface area (Å²) in [6.07, 6.45) is -4.16. The monoisotopic (exact) mass is 551 g/mol. The van der Waals surface area contributed by atoms with Gasteiger partial charge in [-0.3, -0.25) is 14.6 Å². The highest BCUT2D eigenvalue weighted by Gasteiger charge is 2.56. The normalized spacial score (nSPS) is 31.1. The number of carbonyl (C=O) groups is 2. The number of benzene rings is 1. The van der Waals surface area contributed by atoms with Gasteiger partial charge in [0.15, 0.2) is 6.61 Å². The maximum Gasteiger partial charge on any atom is 0.410 e. The molecule has 1 heterocycles. The summed E-state index contributed by atoms with van der Waals surface area (Å²) < 4.78 is 77.6. The van der Waals surface area contributed by atoms with Crippen LogP contribution >= 0.6 is 11.6 Å². The van der Waals surface area contributed by atoms with Gasteiger partial charge < -0.3 is 20.1 Å². The highest BCUT2D eigenvalue weighted by molar-refractivity contribution is 6.30. The number of hydrogen-bond acceptors (Lipinski definition) is 5. The van der Waals surface area contributed by atoms with Crippen molar-refractivity contribution in [2.75, 3.05) is 13.2 Å². The topological polar surface area (TPSA) is 89.0 Å². The second-order valence-corrected chi connectivity index (χ2v) is 10.3. The highest BCUT2D eigenvalue weighted by Crippen LogP contribution is 2.48. The zero-order chi connectivity index (χ0) is 26.8. The summed E-state index contributed by atoms with van der Waals surface area (Å²) in [5.41, 5.74) is -1.87. The first kappa shape index (κ1) is 27.6. The van der Waals surface area contributed by atoms with E-state index in [-0.39, 0.29) is 36.6 Å². The van der Waals surface area contributed by atoms with Crippen molar-refractivity contribution in [1.82, 2.24) is 10.6 Å². The minimum atomic E-state index is -4.41. The number of ether oxygens (including phenoxy) is 2. The van der Waals surface area contributed by atoms with E-state index in [2.05, 4.69) is 15.6 Å². The molecule has 0 spiro atoms. The van der Waals surface area contributed by atoms with Crippen molar-refractivity contribution in [1.29, 1.82) is 0 Å². The molecule has 3 aliphatic carbocycles. The number of nitrogens with one attached hydrogen (secondary N) is 2. The Labute approximate surface area is 215 Å². The van der Waals surface area contributed by atoms with E-state index in [1.54, 1.807) is 0 Å². The fourth-order valence-electron chi connectivity index (χ4n) is 5.20. The molecule has 1 aliphatic heterocycles. The molecule has 0 aromatic heterocycles. The van der Waals surface area contributed by atoms with Crippen LogP contribution in [-0.2, 0) is 14.3 Å². The molecule has 4 aliphatic rings. The van der Waals surface area contributed by atoms with Crippen LogP contribution in [0.4, 0.5) is 22.0 Å². The van der Waals surface area contributed by atoms with Gasteiger partial charge in [-0.1, -0.05) is 11.6 Å². The Bertz CT molecular complexity index is 1050. The Morgan fingerprint density at radius 3 is 2.38 bits per heavy atom. The molecule has 3 saturated carbocycles. The lowest BCUT2D eigenvalue weighted by Crippen LogP contribution is -2.69. The summed E-state index contributed by atoms with van der Waals surface area (Å²) in [5.74, 6) is -1.58. The van der Waals surface area contributed by atoms with E-state index in [1.807, 2.05) is 0 Å². The number of carbonyl (C=O) groups excluding carboxylic acids is 2. The Morgan fingerprint density at radius 1 is 1.08 bits per heavy atom. The Hall–Kier alpha value is -2.47. The first-order chi connectivity index (χ1) is 17.4. The number of hydrogen-bond donors (Lipinski definition) is 2. The van der Waals surface area contributed by atoms with Gasteiger partial charge in [-0.25, -0.2) is 8.78 Å². The molecule has 7 nitrogen and oxygen atoms in total. The molecule has 2 N–H and O–H groups in total. The van der Waals surface area contributed by atoms with Crippen molar-refractivity contribution in [3.63, 3.8) is 0 Å². The molecule has 0 saturated heterocycles. The lowest BCUT2D eigenvalue weighted by molar-refractivity contribution is -0.151. The molecule has 0 radical (unpaired) electrons. The third-order valence-electron chi connectivity index (χ3n) is 7.29. The van der Waals surface area contributed by atoms with Gasteiger partial charge in [-0.05, 0) is 50.7 Å². The van der Waals surface area contributed by atoms with Gasteiger partial charge in [-0.15, -0.1) is 0 Å². The smallest absolute Gasteiger partial charge is 0.410 e. The number of halogens is 6. The van der Waals surface area contributed by atoms with E-state index >= 15 is 4.39 Å². The number of amides is 2.